The van der Waals surface area contributed by atoms with Gasteiger partial charge in [-0.2, -0.15) is 0 Å². The molecular weight excluding hydrogens is 282 g/mol. The van der Waals surface area contributed by atoms with Gasteiger partial charge in [-0.15, -0.1) is 0 Å². The van der Waals surface area contributed by atoms with Crippen molar-refractivity contribution >= 4 is 23.2 Å². The summed E-state index contributed by atoms with van der Waals surface area (Å²) in [7, 11) is 0. The molecule has 0 saturated carbocycles. The third kappa shape index (κ3) is 3.30. The summed E-state index contributed by atoms with van der Waals surface area (Å²) >= 11 is 5.69. The average Bonchev–Trinajstić information content (AvgIpc) is 2.46. The maximum atomic E-state index is 11.9. The summed E-state index contributed by atoms with van der Waals surface area (Å²) in [5, 5.41) is 13.4. The van der Waals surface area contributed by atoms with E-state index in [-0.39, 0.29) is 16.3 Å². The lowest BCUT2D eigenvalue weighted by atomic mass is 10.2. The number of benzene rings is 1. The standard InChI is InChI=1S/C13H10ClN3O3/c14-11-4-3-10(6-12(11)17(19)20)13(18)16-8-9-2-1-5-15-7-9/h1-7H,8H2,(H,16,18). The van der Waals surface area contributed by atoms with Crippen LogP contribution in [0.25, 0.3) is 0 Å². The van der Waals surface area contributed by atoms with Crippen molar-refractivity contribution in [1.82, 2.24) is 10.3 Å². The highest BCUT2D eigenvalue weighted by Gasteiger charge is 2.16. The number of hydrogen-bond donors (Lipinski definition) is 1. The lowest BCUT2D eigenvalue weighted by Crippen LogP contribution is -2.22. The van der Waals surface area contributed by atoms with Gasteiger partial charge in [-0.25, -0.2) is 0 Å². The van der Waals surface area contributed by atoms with Gasteiger partial charge in [-0.05, 0) is 23.8 Å². The number of carbonyl (C=O) groups is 1. The van der Waals surface area contributed by atoms with E-state index in [9.17, 15) is 14.9 Å². The van der Waals surface area contributed by atoms with Crippen LogP contribution in [0.5, 0.6) is 0 Å². The number of pyridine rings is 1. The van der Waals surface area contributed by atoms with E-state index in [4.69, 9.17) is 11.6 Å². The van der Waals surface area contributed by atoms with E-state index in [0.29, 0.717) is 6.54 Å². The summed E-state index contributed by atoms with van der Waals surface area (Å²) < 4.78 is 0. The number of nitro groups is 1. The molecule has 0 radical (unpaired) electrons. The Bertz CT molecular complexity index is 647. The van der Waals surface area contributed by atoms with E-state index >= 15 is 0 Å². The summed E-state index contributed by atoms with van der Waals surface area (Å²) in [5.74, 6) is -0.409. The Morgan fingerprint density at radius 1 is 1.40 bits per heavy atom. The minimum Gasteiger partial charge on any atom is -0.348 e. The zero-order chi connectivity index (χ0) is 14.5. The molecule has 1 N–H and O–H groups in total. The average molecular weight is 292 g/mol. The monoisotopic (exact) mass is 291 g/mol. The van der Waals surface area contributed by atoms with Crippen LogP contribution in [0.15, 0.2) is 42.7 Å². The van der Waals surface area contributed by atoms with Crippen molar-refractivity contribution in [2.75, 3.05) is 0 Å². The molecule has 102 valence electrons. The fraction of sp³-hybridized carbons (Fsp3) is 0.0769. The van der Waals surface area contributed by atoms with Crippen molar-refractivity contribution in [3.8, 4) is 0 Å². The molecule has 0 bridgehead atoms. The molecule has 0 aliphatic carbocycles. The first-order chi connectivity index (χ1) is 9.58. The van der Waals surface area contributed by atoms with Crippen LogP contribution in [-0.2, 0) is 6.54 Å². The number of nitrogens with one attached hydrogen (secondary N) is 1. The first-order valence-electron chi connectivity index (χ1n) is 5.69. The van der Waals surface area contributed by atoms with Gasteiger partial charge in [0.05, 0.1) is 4.92 Å². The molecule has 7 heteroatoms. The molecule has 1 aromatic heterocycles. The predicted molar refractivity (Wildman–Crippen MR) is 73.5 cm³/mol. The topological polar surface area (TPSA) is 85.1 Å². The molecule has 0 aliphatic rings. The number of carbonyl (C=O) groups excluding carboxylic acids is 1. The molecule has 0 saturated heterocycles. The number of amides is 1. The summed E-state index contributed by atoms with van der Waals surface area (Å²) in [6.07, 6.45) is 3.26. The van der Waals surface area contributed by atoms with Crippen molar-refractivity contribution in [3.05, 3.63) is 69.0 Å². The van der Waals surface area contributed by atoms with E-state index in [1.807, 2.05) is 6.07 Å². The molecule has 1 aromatic carbocycles. The van der Waals surface area contributed by atoms with Crippen LogP contribution in [0.2, 0.25) is 5.02 Å². The normalized spacial score (nSPS) is 10.1. The zero-order valence-corrected chi connectivity index (χ0v) is 11.0. The lowest BCUT2D eigenvalue weighted by molar-refractivity contribution is -0.384. The number of nitro benzene ring substituents is 1. The number of hydrogen-bond acceptors (Lipinski definition) is 4. The highest BCUT2D eigenvalue weighted by Crippen LogP contribution is 2.24. The second-order valence-electron chi connectivity index (χ2n) is 3.97. The number of nitrogens with zero attached hydrogens (tertiary/aromatic N) is 2. The summed E-state index contributed by atoms with van der Waals surface area (Å²) in [6, 6.07) is 7.50. The molecule has 20 heavy (non-hydrogen) atoms. The Hall–Kier alpha value is -2.47. The molecule has 6 nitrogen and oxygen atoms in total. The fourth-order valence-electron chi connectivity index (χ4n) is 1.58. The summed E-state index contributed by atoms with van der Waals surface area (Å²) in [6.45, 7) is 0.295. The fourth-order valence-corrected chi connectivity index (χ4v) is 1.77. The van der Waals surface area contributed by atoms with E-state index in [1.165, 1.54) is 12.1 Å². The van der Waals surface area contributed by atoms with Gasteiger partial charge in [-0.1, -0.05) is 17.7 Å². The SMILES string of the molecule is O=C(NCc1cccnc1)c1ccc(Cl)c([N+](=O)[O-])c1. The molecule has 0 fully saturated rings. The van der Waals surface area contributed by atoms with Crippen LogP contribution in [-0.4, -0.2) is 15.8 Å². The van der Waals surface area contributed by atoms with Crippen LogP contribution in [0, 0.1) is 10.1 Å². The highest BCUT2D eigenvalue weighted by atomic mass is 35.5. The second-order valence-corrected chi connectivity index (χ2v) is 4.37. The maximum Gasteiger partial charge on any atom is 0.288 e. The van der Waals surface area contributed by atoms with Gasteiger partial charge in [0.2, 0.25) is 0 Å². The smallest absolute Gasteiger partial charge is 0.288 e. The first-order valence-corrected chi connectivity index (χ1v) is 6.07. The van der Waals surface area contributed by atoms with Gasteiger partial charge < -0.3 is 5.32 Å². The zero-order valence-electron chi connectivity index (χ0n) is 10.2. The molecule has 0 aliphatic heterocycles. The quantitative estimate of drug-likeness (QED) is 0.693. The van der Waals surface area contributed by atoms with E-state index in [2.05, 4.69) is 10.3 Å². The number of aromatic nitrogens is 1. The van der Waals surface area contributed by atoms with Gasteiger partial charge >= 0.3 is 0 Å². The van der Waals surface area contributed by atoms with E-state index < -0.39 is 10.8 Å². The minimum atomic E-state index is -0.625. The van der Waals surface area contributed by atoms with E-state index in [1.54, 1.807) is 18.5 Å². The van der Waals surface area contributed by atoms with Crippen molar-refractivity contribution in [2.24, 2.45) is 0 Å². The van der Waals surface area contributed by atoms with E-state index in [0.717, 1.165) is 11.6 Å². The predicted octanol–water partition coefficient (Wildman–Crippen LogP) is 2.57. The third-order valence-corrected chi connectivity index (χ3v) is 2.90. The second kappa shape index (κ2) is 6.12. The molecular formula is C13H10ClN3O3. The molecule has 2 rings (SSSR count). The first kappa shape index (κ1) is 14.0. The van der Waals surface area contributed by atoms with Crippen LogP contribution >= 0.6 is 11.6 Å². The van der Waals surface area contributed by atoms with Crippen LogP contribution < -0.4 is 5.32 Å². The van der Waals surface area contributed by atoms with Crippen LogP contribution in [0.4, 0.5) is 5.69 Å². The molecule has 2 aromatic rings. The Morgan fingerprint density at radius 2 is 2.20 bits per heavy atom. The maximum absolute atomic E-state index is 11.9. The largest absolute Gasteiger partial charge is 0.348 e. The highest BCUT2D eigenvalue weighted by molar-refractivity contribution is 6.32. The van der Waals surface area contributed by atoms with Gasteiger partial charge in [0.25, 0.3) is 11.6 Å². The van der Waals surface area contributed by atoms with Crippen LogP contribution in [0.3, 0.4) is 0 Å². The van der Waals surface area contributed by atoms with Crippen molar-refractivity contribution < 1.29 is 9.72 Å². The number of halogens is 1. The molecule has 0 unspecified atom stereocenters. The van der Waals surface area contributed by atoms with Crippen LogP contribution in [0.1, 0.15) is 15.9 Å². The molecule has 1 heterocycles. The number of rotatable bonds is 4. The van der Waals surface area contributed by atoms with Crippen molar-refractivity contribution in [2.45, 2.75) is 6.54 Å². The summed E-state index contributed by atoms with van der Waals surface area (Å²) in [5.41, 5.74) is 0.731. The third-order valence-electron chi connectivity index (χ3n) is 2.58. The molecule has 0 spiro atoms. The molecule has 0 atom stereocenters. The Balaban J connectivity index is 2.10. The Kier molecular flexibility index (Phi) is 4.27. The lowest BCUT2D eigenvalue weighted by Gasteiger charge is -2.05. The Morgan fingerprint density at radius 3 is 2.85 bits per heavy atom. The van der Waals surface area contributed by atoms with Gasteiger partial charge in [0, 0.05) is 30.6 Å². The summed E-state index contributed by atoms with van der Waals surface area (Å²) in [4.78, 5) is 26.0. The molecule has 1 amide bonds. The van der Waals surface area contributed by atoms with Gasteiger partial charge in [0.15, 0.2) is 0 Å². The minimum absolute atomic E-state index is 0.00110. The van der Waals surface area contributed by atoms with Crippen molar-refractivity contribution in [3.63, 3.8) is 0 Å². The Labute approximate surface area is 119 Å². The van der Waals surface area contributed by atoms with Gasteiger partial charge in [-0.3, -0.25) is 19.9 Å². The van der Waals surface area contributed by atoms with Gasteiger partial charge in [0.1, 0.15) is 5.02 Å². The van der Waals surface area contributed by atoms with Crippen molar-refractivity contribution in [1.29, 1.82) is 0 Å².